The molecule has 2 amide bonds. The molecule has 0 unspecified atom stereocenters. The SMILES string of the molecule is Cc1cc(C(F)(F)F)cc(N2C(=O)C[C@@H]3CN(C[C@@H]4CCNC4)c4c(C)cccc4N(C)C(=O)[C@H]32)n1. The number of rotatable bonds is 3. The van der Waals surface area contributed by atoms with Gasteiger partial charge in [0, 0.05) is 38.2 Å². The van der Waals surface area contributed by atoms with Gasteiger partial charge in [-0.05, 0) is 63.0 Å². The number of fused-ring (bicyclic) bond motifs is 2. The third-order valence-corrected chi connectivity index (χ3v) is 7.52. The molecule has 5 rings (SSSR count). The normalized spacial score (nSPS) is 24.6. The summed E-state index contributed by atoms with van der Waals surface area (Å²) in [6.45, 7) is 6.55. The highest BCUT2D eigenvalue weighted by atomic mass is 19.4. The van der Waals surface area contributed by atoms with Crippen LogP contribution in [0.3, 0.4) is 0 Å². The minimum absolute atomic E-state index is 0.0713. The Hall–Kier alpha value is -3.14. The molecule has 2 aromatic rings. The molecule has 1 N–H and O–H groups in total. The highest BCUT2D eigenvalue weighted by Crippen LogP contribution is 2.42. The number of hydrogen-bond acceptors (Lipinski definition) is 5. The Kier molecular flexibility index (Phi) is 6.18. The average Bonchev–Trinajstić information content (AvgIpc) is 3.43. The lowest BCUT2D eigenvalue weighted by molar-refractivity contribution is -0.137. The lowest BCUT2D eigenvalue weighted by atomic mass is 9.94. The van der Waals surface area contributed by atoms with Gasteiger partial charge in [0.25, 0.3) is 0 Å². The summed E-state index contributed by atoms with van der Waals surface area (Å²) in [5.41, 5.74) is 1.99. The Bertz CT molecular complexity index is 1190. The zero-order valence-corrected chi connectivity index (χ0v) is 20.6. The van der Waals surface area contributed by atoms with E-state index >= 15 is 0 Å². The van der Waals surface area contributed by atoms with E-state index in [1.54, 1.807) is 11.9 Å². The van der Waals surface area contributed by atoms with Crippen molar-refractivity contribution in [1.82, 2.24) is 10.3 Å². The zero-order chi connectivity index (χ0) is 25.8. The molecular weight excluding hydrogens is 471 g/mol. The van der Waals surface area contributed by atoms with Crippen LogP contribution in [-0.4, -0.2) is 56.1 Å². The molecule has 0 aliphatic carbocycles. The first kappa shape index (κ1) is 24.5. The summed E-state index contributed by atoms with van der Waals surface area (Å²) in [5, 5.41) is 3.40. The van der Waals surface area contributed by atoms with Crippen molar-refractivity contribution in [2.24, 2.45) is 11.8 Å². The number of pyridine rings is 1. The number of anilines is 3. The Morgan fingerprint density at radius 2 is 1.94 bits per heavy atom. The van der Waals surface area contributed by atoms with E-state index in [9.17, 15) is 22.8 Å². The fourth-order valence-corrected chi connectivity index (χ4v) is 5.85. The molecule has 4 heterocycles. The van der Waals surface area contributed by atoms with Crippen LogP contribution in [0, 0.1) is 25.7 Å². The minimum Gasteiger partial charge on any atom is -0.369 e. The van der Waals surface area contributed by atoms with Gasteiger partial charge in [0.2, 0.25) is 11.8 Å². The predicted molar refractivity (Wildman–Crippen MR) is 131 cm³/mol. The number of nitrogens with zero attached hydrogens (tertiary/aromatic N) is 4. The molecule has 0 bridgehead atoms. The number of carbonyl (C=O) groups excluding carboxylic acids is 2. The number of halogens is 3. The van der Waals surface area contributed by atoms with Crippen LogP contribution >= 0.6 is 0 Å². The van der Waals surface area contributed by atoms with Gasteiger partial charge in [0.15, 0.2) is 0 Å². The van der Waals surface area contributed by atoms with Crippen molar-refractivity contribution in [3.8, 4) is 0 Å². The Labute approximate surface area is 208 Å². The first-order chi connectivity index (χ1) is 17.0. The van der Waals surface area contributed by atoms with Crippen molar-refractivity contribution in [2.75, 3.05) is 47.9 Å². The van der Waals surface area contributed by atoms with Crippen molar-refractivity contribution in [3.63, 3.8) is 0 Å². The molecule has 36 heavy (non-hydrogen) atoms. The number of benzene rings is 1. The molecule has 192 valence electrons. The van der Waals surface area contributed by atoms with Gasteiger partial charge in [-0.25, -0.2) is 4.98 Å². The summed E-state index contributed by atoms with van der Waals surface area (Å²) in [7, 11) is 1.67. The van der Waals surface area contributed by atoms with Crippen molar-refractivity contribution < 1.29 is 22.8 Å². The Morgan fingerprint density at radius 3 is 2.64 bits per heavy atom. The topological polar surface area (TPSA) is 68.8 Å². The number of alkyl halides is 3. The highest BCUT2D eigenvalue weighted by Gasteiger charge is 2.49. The molecule has 0 saturated carbocycles. The maximum absolute atomic E-state index is 13.9. The molecule has 3 aliphatic rings. The largest absolute Gasteiger partial charge is 0.416 e. The smallest absolute Gasteiger partial charge is 0.369 e. The van der Waals surface area contributed by atoms with Crippen LogP contribution in [0.1, 0.15) is 29.7 Å². The van der Waals surface area contributed by atoms with Gasteiger partial charge >= 0.3 is 6.18 Å². The van der Waals surface area contributed by atoms with Gasteiger partial charge in [-0.15, -0.1) is 0 Å². The molecule has 1 aromatic heterocycles. The molecule has 2 saturated heterocycles. The molecule has 3 atom stereocenters. The van der Waals surface area contributed by atoms with Gasteiger partial charge in [-0.3, -0.25) is 14.5 Å². The number of hydrogen-bond donors (Lipinski definition) is 1. The van der Waals surface area contributed by atoms with E-state index in [0.29, 0.717) is 12.5 Å². The van der Waals surface area contributed by atoms with Crippen LogP contribution in [0.15, 0.2) is 30.3 Å². The van der Waals surface area contributed by atoms with Gasteiger partial charge in [0.1, 0.15) is 11.9 Å². The van der Waals surface area contributed by atoms with E-state index < -0.39 is 17.8 Å². The van der Waals surface area contributed by atoms with Crippen LogP contribution < -0.4 is 20.0 Å². The van der Waals surface area contributed by atoms with E-state index in [1.165, 1.54) is 11.8 Å². The first-order valence-electron chi connectivity index (χ1n) is 12.3. The van der Waals surface area contributed by atoms with Crippen LogP contribution in [0.25, 0.3) is 0 Å². The number of aromatic nitrogens is 1. The Balaban J connectivity index is 1.59. The average molecular weight is 502 g/mol. The van der Waals surface area contributed by atoms with Crippen molar-refractivity contribution in [3.05, 3.63) is 47.2 Å². The summed E-state index contributed by atoms with van der Waals surface area (Å²) in [6.07, 6.45) is -3.48. The molecule has 3 aliphatic heterocycles. The molecule has 10 heteroatoms. The fourth-order valence-electron chi connectivity index (χ4n) is 5.85. The lowest BCUT2D eigenvalue weighted by Crippen LogP contribution is -2.53. The molecule has 0 spiro atoms. The number of likely N-dealkylation sites (N-methyl/N-ethyl adjacent to an activating group) is 1. The van der Waals surface area contributed by atoms with Gasteiger partial charge < -0.3 is 15.1 Å². The molecule has 0 radical (unpaired) electrons. The Morgan fingerprint density at radius 1 is 1.17 bits per heavy atom. The standard InChI is InChI=1S/C26H30F3N5O2/c1-15-5-4-6-20-23(15)33(13-17-7-8-30-12-17)14-18-10-22(35)34(24(18)25(36)32(20)3)21-11-19(26(27,28)29)9-16(2)31-21/h4-6,9,11,17-18,24,30H,7-8,10,12-14H2,1-3H3/t17-,18-,24+/m1/s1. The monoisotopic (exact) mass is 501 g/mol. The van der Waals surface area contributed by atoms with Crippen molar-refractivity contribution in [1.29, 1.82) is 0 Å². The fraction of sp³-hybridized carbons (Fsp3) is 0.500. The van der Waals surface area contributed by atoms with Crippen LogP contribution in [0.5, 0.6) is 0 Å². The third kappa shape index (κ3) is 4.31. The van der Waals surface area contributed by atoms with E-state index in [4.69, 9.17) is 0 Å². The summed E-state index contributed by atoms with van der Waals surface area (Å²) in [5.74, 6) is -0.790. The number of carbonyl (C=O) groups is 2. The van der Waals surface area contributed by atoms with Crippen LogP contribution in [0.2, 0.25) is 0 Å². The number of amides is 2. The van der Waals surface area contributed by atoms with Gasteiger partial charge in [-0.2, -0.15) is 13.2 Å². The lowest BCUT2D eigenvalue weighted by Gasteiger charge is -2.40. The quantitative estimate of drug-likeness (QED) is 0.697. The molecule has 1 aromatic carbocycles. The van der Waals surface area contributed by atoms with Crippen molar-refractivity contribution in [2.45, 2.75) is 38.9 Å². The van der Waals surface area contributed by atoms with Crippen LogP contribution in [-0.2, 0) is 15.8 Å². The summed E-state index contributed by atoms with van der Waals surface area (Å²) in [6, 6.07) is 6.67. The summed E-state index contributed by atoms with van der Waals surface area (Å²) < 4.78 is 40.7. The molecule has 2 fully saturated rings. The predicted octanol–water partition coefficient (Wildman–Crippen LogP) is 3.53. The second-order valence-electron chi connectivity index (χ2n) is 10.1. The highest BCUT2D eigenvalue weighted by molar-refractivity contribution is 6.10. The second-order valence-corrected chi connectivity index (χ2v) is 10.1. The number of nitrogens with one attached hydrogen (secondary N) is 1. The maximum atomic E-state index is 13.9. The summed E-state index contributed by atoms with van der Waals surface area (Å²) >= 11 is 0. The van der Waals surface area contributed by atoms with Gasteiger partial charge in [0.05, 0.1) is 16.9 Å². The summed E-state index contributed by atoms with van der Waals surface area (Å²) in [4.78, 5) is 36.4. The first-order valence-corrected chi connectivity index (χ1v) is 12.3. The third-order valence-electron chi connectivity index (χ3n) is 7.52. The van der Waals surface area contributed by atoms with Gasteiger partial charge in [-0.1, -0.05) is 12.1 Å². The minimum atomic E-state index is -4.59. The number of aryl methyl sites for hydroxylation is 2. The van der Waals surface area contributed by atoms with E-state index in [0.717, 1.165) is 55.1 Å². The molecular formula is C26H30F3N5O2. The van der Waals surface area contributed by atoms with Crippen LogP contribution in [0.4, 0.5) is 30.4 Å². The zero-order valence-electron chi connectivity index (χ0n) is 20.6. The maximum Gasteiger partial charge on any atom is 0.416 e. The van der Waals surface area contributed by atoms with E-state index in [2.05, 4.69) is 15.2 Å². The van der Waals surface area contributed by atoms with Crippen molar-refractivity contribution >= 4 is 29.0 Å². The van der Waals surface area contributed by atoms with E-state index in [-0.39, 0.29) is 35.7 Å². The molecule has 7 nitrogen and oxygen atoms in total. The number of para-hydroxylation sites is 1. The van der Waals surface area contributed by atoms with E-state index in [1.807, 2.05) is 25.1 Å². The second kappa shape index (κ2) is 9.06.